The Kier molecular flexibility index (Phi) is 38.6. The van der Waals surface area contributed by atoms with E-state index in [1.165, 1.54) is 38.5 Å². The fraction of sp³-hybridized carbons (Fsp3) is 0.620. The van der Waals surface area contributed by atoms with E-state index >= 15 is 0 Å². The van der Waals surface area contributed by atoms with Gasteiger partial charge in [0.2, 0.25) is 5.91 Å². The SMILES string of the molecule is CC/C=C\C/C=C\C/C=C\C/C=C\C/C=C\C/C=C\C/C=C\CCCCCC(=O)NC(COP(=O)([O-])OCC[N+](C)(C)C)C(O)/C=C/CC/C=C/CCCCCCCC. The van der Waals surface area contributed by atoms with E-state index in [0.717, 1.165) is 83.5 Å². The van der Waals surface area contributed by atoms with Crippen molar-refractivity contribution in [1.29, 1.82) is 0 Å². The van der Waals surface area contributed by atoms with Gasteiger partial charge in [-0.1, -0.05) is 162 Å². The zero-order valence-electron chi connectivity index (χ0n) is 37.9. The Morgan fingerprint density at radius 2 is 1.05 bits per heavy atom. The number of hydrogen-bond donors (Lipinski definition) is 2. The summed E-state index contributed by atoms with van der Waals surface area (Å²) in [6.07, 6.45) is 58.6. The Morgan fingerprint density at radius 1 is 0.610 bits per heavy atom. The number of unbranched alkanes of at least 4 members (excludes halogenated alkanes) is 10. The van der Waals surface area contributed by atoms with Crippen LogP contribution in [0, 0.1) is 0 Å². The van der Waals surface area contributed by atoms with Gasteiger partial charge in [0.1, 0.15) is 13.2 Å². The minimum absolute atomic E-state index is 0.0200. The van der Waals surface area contributed by atoms with E-state index in [4.69, 9.17) is 9.05 Å². The number of aliphatic hydroxyl groups excluding tert-OH is 1. The summed E-state index contributed by atoms with van der Waals surface area (Å²) in [5.74, 6) is -0.247. The van der Waals surface area contributed by atoms with E-state index in [0.29, 0.717) is 17.4 Å². The predicted octanol–water partition coefficient (Wildman–Crippen LogP) is 12.3. The predicted molar refractivity (Wildman–Crippen MR) is 251 cm³/mol. The third-order valence-electron chi connectivity index (χ3n) is 9.22. The summed E-state index contributed by atoms with van der Waals surface area (Å²) in [5.41, 5.74) is 0. The number of hydrogen-bond acceptors (Lipinski definition) is 6. The van der Waals surface area contributed by atoms with E-state index < -0.39 is 26.6 Å². The Bertz CT molecular complexity index is 1320. The molecule has 0 aromatic rings. The van der Waals surface area contributed by atoms with E-state index in [1.807, 2.05) is 27.2 Å². The quantitative estimate of drug-likeness (QED) is 0.0276. The van der Waals surface area contributed by atoms with Gasteiger partial charge >= 0.3 is 0 Å². The molecule has 2 N–H and O–H groups in total. The van der Waals surface area contributed by atoms with Crippen LogP contribution in [0.5, 0.6) is 0 Å². The summed E-state index contributed by atoms with van der Waals surface area (Å²) < 4.78 is 23.1. The number of rotatable bonds is 39. The second-order valence-electron chi connectivity index (χ2n) is 16.0. The smallest absolute Gasteiger partial charge is 0.268 e. The van der Waals surface area contributed by atoms with Gasteiger partial charge in [0, 0.05) is 6.42 Å². The number of amides is 1. The molecule has 0 saturated heterocycles. The zero-order valence-corrected chi connectivity index (χ0v) is 38.8. The average Bonchev–Trinajstić information content (AvgIpc) is 3.19. The van der Waals surface area contributed by atoms with Crippen molar-refractivity contribution in [2.45, 2.75) is 161 Å². The molecule has 0 aromatic carbocycles. The standard InChI is InChI=1S/C50H85N2O6P/c1-6-8-10-12-14-16-18-20-21-22-23-24-25-26-27-28-29-30-31-32-34-36-38-40-42-44-50(54)51-48(47-58-59(55,56)57-46-45-52(3,4)5)49(53)43-41-39-37-35-33-19-17-15-13-11-9-7-2/h8,10,14,16,20-21,23-24,26-27,29-30,32-35,41,43,48-49,53H,6-7,9,11-13,15,17-19,22,25,28,31,36-40,42,44-47H2,1-5H3,(H-,51,54,55,56)/b10-8-,16-14-,21-20-,24-23-,27-26-,30-29-,34-32-,35-33+,43-41+. The highest BCUT2D eigenvalue weighted by Gasteiger charge is 2.23. The molecule has 0 fully saturated rings. The van der Waals surface area contributed by atoms with Crippen LogP contribution in [-0.2, 0) is 18.4 Å². The molecule has 8 nitrogen and oxygen atoms in total. The van der Waals surface area contributed by atoms with E-state index in [-0.39, 0.29) is 18.9 Å². The lowest BCUT2D eigenvalue weighted by atomic mass is 10.1. The molecular weight excluding hydrogens is 756 g/mol. The van der Waals surface area contributed by atoms with Crippen molar-refractivity contribution in [3.8, 4) is 0 Å². The molecule has 0 rings (SSSR count). The minimum atomic E-state index is -4.61. The van der Waals surface area contributed by atoms with Crippen molar-refractivity contribution < 1.29 is 32.9 Å². The number of quaternary nitrogens is 1. The lowest BCUT2D eigenvalue weighted by Crippen LogP contribution is -2.45. The highest BCUT2D eigenvalue weighted by atomic mass is 31.2. The molecule has 336 valence electrons. The van der Waals surface area contributed by atoms with Crippen molar-refractivity contribution in [3.05, 3.63) is 109 Å². The Hall–Kier alpha value is -2.84. The Labute approximate surface area is 361 Å². The number of nitrogens with zero attached hydrogens (tertiary/aromatic N) is 1. The largest absolute Gasteiger partial charge is 0.756 e. The summed E-state index contributed by atoms with van der Waals surface area (Å²) in [6, 6.07) is -0.928. The lowest BCUT2D eigenvalue weighted by Gasteiger charge is -2.29. The lowest BCUT2D eigenvalue weighted by molar-refractivity contribution is -0.870. The van der Waals surface area contributed by atoms with Gasteiger partial charge in [0.15, 0.2) is 0 Å². The van der Waals surface area contributed by atoms with E-state index in [1.54, 1.807) is 6.08 Å². The summed E-state index contributed by atoms with van der Waals surface area (Å²) in [4.78, 5) is 25.3. The molecule has 9 heteroatoms. The topological polar surface area (TPSA) is 108 Å². The maximum Gasteiger partial charge on any atom is 0.268 e. The first-order chi connectivity index (χ1) is 28.5. The monoisotopic (exact) mass is 841 g/mol. The summed E-state index contributed by atoms with van der Waals surface area (Å²) >= 11 is 0. The molecule has 59 heavy (non-hydrogen) atoms. The number of carbonyl (C=O) groups excluding carboxylic acids is 1. The van der Waals surface area contributed by atoms with Crippen LogP contribution in [0.15, 0.2) is 109 Å². The van der Waals surface area contributed by atoms with Crippen LogP contribution in [-0.4, -0.2) is 68.5 Å². The molecule has 0 aliphatic carbocycles. The van der Waals surface area contributed by atoms with Crippen LogP contribution < -0.4 is 10.2 Å². The Morgan fingerprint density at radius 3 is 1.58 bits per heavy atom. The van der Waals surface area contributed by atoms with Crippen LogP contribution in [0.3, 0.4) is 0 Å². The van der Waals surface area contributed by atoms with Crippen LogP contribution in [0.2, 0.25) is 0 Å². The molecule has 3 atom stereocenters. The number of aliphatic hydroxyl groups is 1. The molecule has 0 aliphatic heterocycles. The van der Waals surface area contributed by atoms with Gasteiger partial charge in [-0.25, -0.2) is 0 Å². The first-order valence-corrected chi connectivity index (χ1v) is 24.2. The molecule has 0 aliphatic rings. The highest BCUT2D eigenvalue weighted by Crippen LogP contribution is 2.38. The van der Waals surface area contributed by atoms with Crippen molar-refractivity contribution >= 4 is 13.7 Å². The van der Waals surface area contributed by atoms with Gasteiger partial charge in [-0.3, -0.25) is 9.36 Å². The summed E-state index contributed by atoms with van der Waals surface area (Å²) in [7, 11) is 1.20. The normalized spacial score (nSPS) is 15.3. The van der Waals surface area contributed by atoms with Crippen LogP contribution in [0.4, 0.5) is 0 Å². The van der Waals surface area contributed by atoms with Crippen molar-refractivity contribution in [1.82, 2.24) is 5.32 Å². The molecule has 0 heterocycles. The maximum absolute atomic E-state index is 12.8. The average molecular weight is 841 g/mol. The molecule has 1 amide bonds. The van der Waals surface area contributed by atoms with E-state index in [2.05, 4.69) is 116 Å². The molecule has 0 saturated carbocycles. The number of phosphoric ester groups is 1. The van der Waals surface area contributed by atoms with Gasteiger partial charge in [-0.2, -0.15) is 0 Å². The maximum atomic E-state index is 12.8. The van der Waals surface area contributed by atoms with Gasteiger partial charge < -0.3 is 28.8 Å². The molecule has 3 unspecified atom stereocenters. The molecule has 0 bridgehead atoms. The minimum Gasteiger partial charge on any atom is -0.756 e. The van der Waals surface area contributed by atoms with Crippen molar-refractivity contribution in [2.24, 2.45) is 0 Å². The van der Waals surface area contributed by atoms with E-state index in [9.17, 15) is 19.4 Å². The number of likely N-dealkylation sites (N-methyl/N-ethyl adjacent to an activating group) is 1. The van der Waals surface area contributed by atoms with Gasteiger partial charge in [0.25, 0.3) is 7.82 Å². The third-order valence-corrected chi connectivity index (χ3v) is 10.2. The van der Waals surface area contributed by atoms with Crippen molar-refractivity contribution in [2.75, 3.05) is 40.9 Å². The molecule has 0 spiro atoms. The fourth-order valence-electron chi connectivity index (χ4n) is 5.62. The van der Waals surface area contributed by atoms with Gasteiger partial charge in [0.05, 0.1) is 39.9 Å². The van der Waals surface area contributed by atoms with Gasteiger partial charge in [-0.05, 0) is 89.9 Å². The Balaban J connectivity index is 4.47. The summed E-state index contributed by atoms with van der Waals surface area (Å²) in [6.45, 7) is 4.43. The first-order valence-electron chi connectivity index (χ1n) is 22.7. The number of carbonyl (C=O) groups is 1. The van der Waals surface area contributed by atoms with Crippen LogP contribution in [0.25, 0.3) is 0 Å². The van der Waals surface area contributed by atoms with Gasteiger partial charge in [-0.15, -0.1) is 0 Å². The fourth-order valence-corrected chi connectivity index (χ4v) is 6.34. The van der Waals surface area contributed by atoms with Crippen molar-refractivity contribution in [3.63, 3.8) is 0 Å². The zero-order chi connectivity index (χ0) is 43.6. The highest BCUT2D eigenvalue weighted by molar-refractivity contribution is 7.45. The second-order valence-corrected chi connectivity index (χ2v) is 17.4. The first kappa shape index (κ1) is 56.2. The second kappa shape index (κ2) is 40.6. The number of allylic oxidation sites excluding steroid dienone is 17. The molecular formula is C50H85N2O6P. The molecule has 0 aromatic heterocycles. The summed E-state index contributed by atoms with van der Waals surface area (Å²) in [5, 5.41) is 13.7. The van der Waals surface area contributed by atoms with Crippen LogP contribution >= 0.6 is 7.82 Å². The third kappa shape index (κ3) is 43.1. The molecule has 0 radical (unpaired) electrons. The number of phosphoric acid groups is 1. The number of nitrogens with one attached hydrogen (secondary N) is 1. The van der Waals surface area contributed by atoms with Crippen LogP contribution in [0.1, 0.15) is 149 Å².